The molecule has 0 aliphatic heterocycles. The van der Waals surface area contributed by atoms with Crippen LogP contribution in [0.3, 0.4) is 0 Å². The normalized spacial score (nSPS) is 12.0. The van der Waals surface area contributed by atoms with Gasteiger partial charge in [0.1, 0.15) is 4.90 Å². The minimum atomic E-state index is -4.08. The van der Waals surface area contributed by atoms with E-state index in [1.165, 1.54) is 13.2 Å². The number of aromatic nitrogens is 2. The highest BCUT2D eigenvalue weighted by Gasteiger charge is 2.28. The molecule has 1 aromatic carbocycles. The van der Waals surface area contributed by atoms with Crippen LogP contribution in [0, 0.1) is 5.82 Å². The number of hydrogen-bond donors (Lipinski definition) is 2. The van der Waals surface area contributed by atoms with E-state index < -0.39 is 20.7 Å². The maximum atomic E-state index is 14.1. The van der Waals surface area contributed by atoms with Crippen LogP contribution in [0.4, 0.5) is 10.1 Å². The van der Waals surface area contributed by atoms with E-state index in [1.54, 1.807) is 6.20 Å². The standard InChI is InChI=1S/C11H11BrClFN4O2S/c1-18(5-6-3-16-17-4-6)21(19,20)8-2-7(13)9(12)11(15)10(8)14/h2-4H,5,15H2,1H3,(H,16,17). The molecule has 0 fully saturated rings. The van der Waals surface area contributed by atoms with Gasteiger partial charge < -0.3 is 5.73 Å². The average Bonchev–Trinajstić information content (AvgIpc) is 2.93. The van der Waals surface area contributed by atoms with Crippen LogP contribution in [0.2, 0.25) is 5.02 Å². The van der Waals surface area contributed by atoms with Crippen molar-refractivity contribution in [2.75, 3.05) is 12.8 Å². The fourth-order valence-corrected chi connectivity index (χ4v) is 3.48. The number of halogens is 3. The lowest BCUT2D eigenvalue weighted by molar-refractivity contribution is 0.460. The number of aromatic amines is 1. The number of rotatable bonds is 4. The maximum Gasteiger partial charge on any atom is 0.246 e. The van der Waals surface area contributed by atoms with Crippen LogP contribution >= 0.6 is 27.5 Å². The van der Waals surface area contributed by atoms with Gasteiger partial charge in [0.15, 0.2) is 5.82 Å². The van der Waals surface area contributed by atoms with Crippen molar-refractivity contribution < 1.29 is 12.8 Å². The second kappa shape index (κ2) is 5.91. The van der Waals surface area contributed by atoms with Gasteiger partial charge in [-0.2, -0.15) is 9.40 Å². The van der Waals surface area contributed by atoms with Crippen molar-refractivity contribution in [2.45, 2.75) is 11.4 Å². The van der Waals surface area contributed by atoms with E-state index in [2.05, 4.69) is 26.1 Å². The number of anilines is 1. The van der Waals surface area contributed by atoms with E-state index in [0.717, 1.165) is 10.4 Å². The zero-order valence-corrected chi connectivity index (χ0v) is 13.9. The van der Waals surface area contributed by atoms with E-state index in [0.29, 0.717) is 5.56 Å². The second-order valence-electron chi connectivity index (χ2n) is 4.27. The van der Waals surface area contributed by atoms with Gasteiger partial charge in [0.05, 0.1) is 21.4 Å². The first-order valence-electron chi connectivity index (χ1n) is 5.62. The van der Waals surface area contributed by atoms with Crippen molar-refractivity contribution in [3.8, 4) is 0 Å². The van der Waals surface area contributed by atoms with Crippen LogP contribution < -0.4 is 5.73 Å². The number of nitrogens with one attached hydrogen (secondary N) is 1. The molecule has 0 spiro atoms. The maximum absolute atomic E-state index is 14.1. The molecule has 0 unspecified atom stereocenters. The van der Waals surface area contributed by atoms with Crippen LogP contribution in [0.25, 0.3) is 0 Å². The molecule has 0 radical (unpaired) electrons. The predicted molar refractivity (Wildman–Crippen MR) is 80.8 cm³/mol. The largest absolute Gasteiger partial charge is 0.395 e. The molecule has 6 nitrogen and oxygen atoms in total. The fourth-order valence-electron chi connectivity index (χ4n) is 1.66. The third-order valence-corrected chi connectivity index (χ3v) is 5.99. The fraction of sp³-hybridized carbons (Fsp3) is 0.182. The van der Waals surface area contributed by atoms with Gasteiger partial charge >= 0.3 is 0 Å². The number of hydrogen-bond acceptors (Lipinski definition) is 4. The van der Waals surface area contributed by atoms with Gasteiger partial charge in [-0.1, -0.05) is 11.6 Å². The molecule has 0 saturated carbocycles. The Kier molecular flexibility index (Phi) is 4.57. The van der Waals surface area contributed by atoms with Gasteiger partial charge in [0, 0.05) is 25.4 Å². The Morgan fingerprint density at radius 2 is 2.24 bits per heavy atom. The summed E-state index contributed by atoms with van der Waals surface area (Å²) >= 11 is 8.85. The van der Waals surface area contributed by atoms with Gasteiger partial charge in [-0.05, 0) is 22.0 Å². The molecule has 0 aliphatic rings. The highest BCUT2D eigenvalue weighted by molar-refractivity contribution is 9.10. The third-order valence-electron chi connectivity index (χ3n) is 2.81. The number of sulfonamides is 1. The second-order valence-corrected chi connectivity index (χ2v) is 7.48. The Hall–Kier alpha value is -1.16. The molecule has 0 atom stereocenters. The molecule has 2 aromatic rings. The molecular weight excluding hydrogens is 387 g/mol. The average molecular weight is 398 g/mol. The topological polar surface area (TPSA) is 92.1 Å². The van der Waals surface area contributed by atoms with Crippen molar-refractivity contribution in [1.29, 1.82) is 0 Å². The van der Waals surface area contributed by atoms with Crippen LogP contribution in [0.1, 0.15) is 5.56 Å². The first kappa shape index (κ1) is 16.2. The van der Waals surface area contributed by atoms with E-state index in [4.69, 9.17) is 17.3 Å². The zero-order chi connectivity index (χ0) is 15.8. The summed E-state index contributed by atoms with van der Waals surface area (Å²) in [4.78, 5) is -0.570. The monoisotopic (exact) mass is 396 g/mol. The Bertz CT molecular complexity index is 767. The van der Waals surface area contributed by atoms with Gasteiger partial charge in [0.2, 0.25) is 10.0 Å². The molecule has 0 saturated heterocycles. The van der Waals surface area contributed by atoms with E-state index in [9.17, 15) is 12.8 Å². The summed E-state index contributed by atoms with van der Waals surface area (Å²) in [6, 6.07) is 1.03. The highest BCUT2D eigenvalue weighted by atomic mass is 79.9. The molecule has 10 heteroatoms. The third kappa shape index (κ3) is 3.05. The number of H-pyrrole nitrogens is 1. The smallest absolute Gasteiger partial charge is 0.246 e. The van der Waals surface area contributed by atoms with E-state index in [1.807, 2.05) is 0 Å². The summed E-state index contributed by atoms with van der Waals surface area (Å²) in [5.74, 6) is -1.04. The minimum absolute atomic E-state index is 0.0178. The highest BCUT2D eigenvalue weighted by Crippen LogP contribution is 2.35. The van der Waals surface area contributed by atoms with Crippen LogP contribution in [0.15, 0.2) is 27.8 Å². The Morgan fingerprint density at radius 3 is 2.81 bits per heavy atom. The summed E-state index contributed by atoms with van der Waals surface area (Å²) in [7, 11) is -2.75. The molecule has 0 aliphatic carbocycles. The predicted octanol–water partition coefficient (Wildman–Crippen LogP) is 2.37. The quantitative estimate of drug-likeness (QED) is 0.612. The number of nitrogens with two attached hydrogens (primary N) is 1. The van der Waals surface area contributed by atoms with Gasteiger partial charge in [0.25, 0.3) is 0 Å². The first-order valence-corrected chi connectivity index (χ1v) is 8.23. The molecule has 1 heterocycles. The SMILES string of the molecule is CN(Cc1cn[nH]c1)S(=O)(=O)c1cc(Cl)c(Br)c(N)c1F. The number of nitrogens with zero attached hydrogens (tertiary/aromatic N) is 2. The van der Waals surface area contributed by atoms with Crippen molar-refractivity contribution >= 4 is 43.2 Å². The molecular formula is C11H11BrClFN4O2S. The molecule has 21 heavy (non-hydrogen) atoms. The summed E-state index contributed by atoms with van der Waals surface area (Å²) in [6.45, 7) is 0.0336. The lowest BCUT2D eigenvalue weighted by Crippen LogP contribution is -2.27. The molecule has 3 N–H and O–H groups in total. The summed E-state index contributed by atoms with van der Waals surface area (Å²) in [5.41, 5.74) is 5.80. The van der Waals surface area contributed by atoms with Crippen LogP contribution in [-0.2, 0) is 16.6 Å². The van der Waals surface area contributed by atoms with Crippen molar-refractivity contribution in [2.24, 2.45) is 0 Å². The molecule has 114 valence electrons. The minimum Gasteiger partial charge on any atom is -0.395 e. The summed E-state index contributed by atoms with van der Waals surface area (Å²) < 4.78 is 40.1. The Labute approximate surface area is 134 Å². The molecule has 1 aromatic heterocycles. The molecule has 2 rings (SSSR count). The van der Waals surface area contributed by atoms with Gasteiger partial charge in [-0.15, -0.1) is 0 Å². The first-order chi connectivity index (χ1) is 9.75. The molecule has 0 bridgehead atoms. The van der Waals surface area contributed by atoms with Gasteiger partial charge in [-0.3, -0.25) is 5.10 Å². The number of nitrogen functional groups attached to an aromatic ring is 1. The van der Waals surface area contributed by atoms with Crippen molar-refractivity contribution in [3.63, 3.8) is 0 Å². The van der Waals surface area contributed by atoms with E-state index >= 15 is 0 Å². The van der Waals surface area contributed by atoms with Crippen LogP contribution in [0.5, 0.6) is 0 Å². The Morgan fingerprint density at radius 1 is 1.57 bits per heavy atom. The lowest BCUT2D eigenvalue weighted by Gasteiger charge is -2.18. The Balaban J connectivity index is 2.44. The van der Waals surface area contributed by atoms with Crippen LogP contribution in [-0.4, -0.2) is 30.0 Å². The van der Waals surface area contributed by atoms with Crippen molar-refractivity contribution in [1.82, 2.24) is 14.5 Å². The van der Waals surface area contributed by atoms with Gasteiger partial charge in [-0.25, -0.2) is 12.8 Å². The summed E-state index contributed by atoms with van der Waals surface area (Å²) in [6.07, 6.45) is 3.02. The lowest BCUT2D eigenvalue weighted by atomic mass is 10.3. The zero-order valence-electron chi connectivity index (χ0n) is 10.8. The number of benzene rings is 1. The van der Waals surface area contributed by atoms with E-state index in [-0.39, 0.29) is 21.7 Å². The summed E-state index contributed by atoms with van der Waals surface area (Å²) in [5, 5.41) is 6.31. The molecule has 0 amide bonds. The van der Waals surface area contributed by atoms with Crippen molar-refractivity contribution in [3.05, 3.63) is 39.3 Å².